The number of nitrogens with zero attached hydrogens (tertiary/aromatic N) is 2. The van der Waals surface area contributed by atoms with E-state index in [1.807, 2.05) is 6.07 Å². The molecule has 0 saturated carbocycles. The van der Waals surface area contributed by atoms with Crippen LogP contribution in [0.1, 0.15) is 10.4 Å². The zero-order valence-corrected chi connectivity index (χ0v) is 11.5. The Morgan fingerprint density at radius 3 is 2.68 bits per heavy atom. The number of fused-ring (bicyclic) bond motifs is 1. The molecule has 3 aromatic rings. The third kappa shape index (κ3) is 2.12. The van der Waals surface area contributed by atoms with Gasteiger partial charge in [0.25, 0.3) is 0 Å². The Morgan fingerprint density at radius 1 is 1.21 bits per heavy atom. The van der Waals surface area contributed by atoms with Crippen molar-refractivity contribution in [3.63, 3.8) is 0 Å². The minimum Gasteiger partial charge on any atom is -0.396 e. The number of pyridine rings is 1. The molecule has 0 aliphatic carbocycles. The van der Waals surface area contributed by atoms with E-state index in [1.54, 1.807) is 47.2 Å². The summed E-state index contributed by atoms with van der Waals surface area (Å²) in [6.45, 7) is 0. The lowest BCUT2D eigenvalue weighted by atomic mass is 10.1. The van der Waals surface area contributed by atoms with Crippen LogP contribution in [0.3, 0.4) is 0 Å². The second-order valence-electron chi connectivity index (χ2n) is 3.90. The smallest absolute Gasteiger partial charge is 0.102 e. The molecule has 2 N–H and O–H groups in total. The largest absolute Gasteiger partial charge is 0.396 e. The summed E-state index contributed by atoms with van der Waals surface area (Å²) in [5.74, 6) is 0. The predicted molar refractivity (Wildman–Crippen MR) is 80.6 cm³/mol. The van der Waals surface area contributed by atoms with E-state index in [1.165, 1.54) is 9.40 Å². The summed E-state index contributed by atoms with van der Waals surface area (Å²) in [7, 11) is 0. The number of hydrogen-bond donors (Lipinski definition) is 1. The molecule has 0 radical (unpaired) electrons. The number of rotatable bonds is 2. The molecular formula is C14H9N3S2. The number of aromatic nitrogens is 1. The van der Waals surface area contributed by atoms with Gasteiger partial charge in [-0.25, -0.2) is 0 Å². The fourth-order valence-electron chi connectivity index (χ4n) is 1.82. The Kier molecular flexibility index (Phi) is 3.03. The molecule has 3 nitrogen and oxygen atoms in total. The molecule has 0 aliphatic rings. The molecule has 3 rings (SSSR count). The number of nitrogens with two attached hydrogens (primary N) is 1. The number of thiophene rings is 2. The molecule has 0 spiro atoms. The quantitative estimate of drug-likeness (QED) is 0.729. The monoisotopic (exact) mass is 283 g/mol. The predicted octanol–water partition coefficient (Wildman–Crippen LogP) is 3.71. The maximum absolute atomic E-state index is 9.34. The minimum absolute atomic E-state index is 0.497. The van der Waals surface area contributed by atoms with E-state index in [0.717, 1.165) is 10.4 Å². The van der Waals surface area contributed by atoms with E-state index in [2.05, 4.69) is 22.5 Å². The van der Waals surface area contributed by atoms with Gasteiger partial charge in [0, 0.05) is 21.8 Å². The van der Waals surface area contributed by atoms with Crippen molar-refractivity contribution in [3.8, 4) is 6.07 Å². The van der Waals surface area contributed by atoms with Crippen molar-refractivity contribution in [2.24, 2.45) is 5.73 Å². The third-order valence-electron chi connectivity index (χ3n) is 2.75. The number of allylic oxidation sites excluding steroid dienone is 1. The minimum atomic E-state index is 0.497. The topological polar surface area (TPSA) is 62.7 Å². The van der Waals surface area contributed by atoms with Crippen molar-refractivity contribution in [1.82, 2.24) is 4.98 Å². The highest BCUT2D eigenvalue weighted by atomic mass is 32.1. The van der Waals surface area contributed by atoms with Gasteiger partial charge in [-0.15, -0.1) is 22.7 Å². The fourth-order valence-corrected chi connectivity index (χ4v) is 3.89. The Balaban J connectivity index is 2.14. The van der Waals surface area contributed by atoms with Crippen LogP contribution in [0.5, 0.6) is 0 Å². The Morgan fingerprint density at radius 2 is 2.00 bits per heavy atom. The van der Waals surface area contributed by atoms with Gasteiger partial charge < -0.3 is 5.73 Å². The Hall–Kier alpha value is -2.16. The average Bonchev–Trinajstić information content (AvgIpc) is 3.01. The van der Waals surface area contributed by atoms with E-state index < -0.39 is 0 Å². The van der Waals surface area contributed by atoms with Gasteiger partial charge in [-0.1, -0.05) is 0 Å². The summed E-state index contributed by atoms with van der Waals surface area (Å²) >= 11 is 3.29. The molecule has 92 valence electrons. The molecule has 0 atom stereocenters. The lowest BCUT2D eigenvalue weighted by Crippen LogP contribution is -1.98. The molecule has 0 aliphatic heterocycles. The van der Waals surface area contributed by atoms with Crippen molar-refractivity contribution in [3.05, 3.63) is 52.5 Å². The summed E-state index contributed by atoms with van der Waals surface area (Å²) < 4.78 is 2.41. The molecule has 0 fully saturated rings. The second-order valence-corrected chi connectivity index (χ2v) is 5.93. The number of hydrogen-bond acceptors (Lipinski definition) is 5. The zero-order chi connectivity index (χ0) is 13.2. The van der Waals surface area contributed by atoms with Gasteiger partial charge >= 0.3 is 0 Å². The van der Waals surface area contributed by atoms with Gasteiger partial charge in [0.1, 0.15) is 6.07 Å². The van der Waals surface area contributed by atoms with Gasteiger partial charge in [-0.3, -0.25) is 4.98 Å². The summed E-state index contributed by atoms with van der Waals surface area (Å²) in [6.07, 6.45) is 3.32. The second kappa shape index (κ2) is 4.84. The van der Waals surface area contributed by atoms with E-state index in [9.17, 15) is 5.26 Å². The molecule has 19 heavy (non-hydrogen) atoms. The van der Waals surface area contributed by atoms with Crippen LogP contribution in [0.4, 0.5) is 0 Å². The first kappa shape index (κ1) is 11.9. The first-order valence-electron chi connectivity index (χ1n) is 5.57. The van der Waals surface area contributed by atoms with Crippen LogP contribution in [0.25, 0.3) is 20.7 Å². The van der Waals surface area contributed by atoms with Gasteiger partial charge in [0.2, 0.25) is 0 Å². The SMILES string of the molecule is N#C/C(=C(/N)c1cc2sccc2s1)c1ccncc1. The molecule has 0 amide bonds. The van der Waals surface area contributed by atoms with Gasteiger partial charge in [-0.2, -0.15) is 5.26 Å². The summed E-state index contributed by atoms with van der Waals surface area (Å²) in [4.78, 5) is 4.89. The van der Waals surface area contributed by atoms with Gasteiger partial charge in [-0.05, 0) is 35.2 Å². The number of nitriles is 1. The highest BCUT2D eigenvalue weighted by Gasteiger charge is 2.11. The average molecular weight is 283 g/mol. The first-order chi connectivity index (χ1) is 9.29. The van der Waals surface area contributed by atoms with Crippen molar-refractivity contribution >= 4 is 43.3 Å². The van der Waals surface area contributed by atoms with Crippen LogP contribution in [-0.2, 0) is 0 Å². The van der Waals surface area contributed by atoms with Crippen molar-refractivity contribution in [2.75, 3.05) is 0 Å². The highest BCUT2D eigenvalue weighted by molar-refractivity contribution is 7.27. The third-order valence-corrected chi connectivity index (χ3v) is 4.88. The van der Waals surface area contributed by atoms with Gasteiger partial charge in [0.05, 0.1) is 16.1 Å². The van der Waals surface area contributed by atoms with E-state index >= 15 is 0 Å². The molecule has 0 saturated heterocycles. The van der Waals surface area contributed by atoms with Gasteiger partial charge in [0.15, 0.2) is 0 Å². The lowest BCUT2D eigenvalue weighted by molar-refractivity contribution is 1.32. The zero-order valence-electron chi connectivity index (χ0n) is 9.83. The fraction of sp³-hybridized carbons (Fsp3) is 0. The van der Waals surface area contributed by atoms with Crippen molar-refractivity contribution in [2.45, 2.75) is 0 Å². The van der Waals surface area contributed by atoms with Crippen LogP contribution in [0.2, 0.25) is 0 Å². The molecule has 3 aromatic heterocycles. The molecular weight excluding hydrogens is 274 g/mol. The Bertz CT molecular complexity index is 762. The first-order valence-corrected chi connectivity index (χ1v) is 7.27. The van der Waals surface area contributed by atoms with E-state index in [-0.39, 0.29) is 0 Å². The van der Waals surface area contributed by atoms with Crippen LogP contribution in [0, 0.1) is 11.3 Å². The maximum Gasteiger partial charge on any atom is 0.102 e. The van der Waals surface area contributed by atoms with Crippen LogP contribution >= 0.6 is 22.7 Å². The molecule has 0 unspecified atom stereocenters. The molecule has 0 bridgehead atoms. The van der Waals surface area contributed by atoms with Crippen molar-refractivity contribution < 1.29 is 0 Å². The summed E-state index contributed by atoms with van der Waals surface area (Å²) in [5.41, 5.74) is 7.98. The highest BCUT2D eigenvalue weighted by Crippen LogP contribution is 2.34. The maximum atomic E-state index is 9.34. The summed E-state index contributed by atoms with van der Waals surface area (Å²) in [5, 5.41) is 11.4. The molecule has 5 heteroatoms. The van der Waals surface area contributed by atoms with Crippen molar-refractivity contribution in [1.29, 1.82) is 5.26 Å². The van der Waals surface area contributed by atoms with E-state index in [4.69, 9.17) is 5.73 Å². The van der Waals surface area contributed by atoms with Crippen LogP contribution in [-0.4, -0.2) is 4.98 Å². The van der Waals surface area contributed by atoms with Crippen LogP contribution in [0.15, 0.2) is 42.0 Å². The normalized spacial score (nSPS) is 12.2. The Labute approximate surface area is 118 Å². The molecule has 3 heterocycles. The van der Waals surface area contributed by atoms with E-state index in [0.29, 0.717) is 11.3 Å². The van der Waals surface area contributed by atoms with Crippen LogP contribution < -0.4 is 5.73 Å². The summed E-state index contributed by atoms with van der Waals surface area (Å²) in [6, 6.07) is 9.89. The standard InChI is InChI=1S/C14H9N3S2/c15-8-10(9-1-4-17-5-2-9)14(16)13-7-12-11(19-13)3-6-18-12/h1-7H,16H2/b14-10-. The molecule has 0 aromatic carbocycles. The lowest BCUT2D eigenvalue weighted by Gasteiger charge is -2.03.